The van der Waals surface area contributed by atoms with Crippen molar-refractivity contribution in [1.29, 1.82) is 0 Å². The summed E-state index contributed by atoms with van der Waals surface area (Å²) in [7, 11) is 3.40. The van der Waals surface area contributed by atoms with Gasteiger partial charge in [0, 0.05) is 68.3 Å². The van der Waals surface area contributed by atoms with Crippen molar-refractivity contribution in [2.75, 3.05) is 33.8 Å². The summed E-state index contributed by atoms with van der Waals surface area (Å²) in [6, 6.07) is 72.8. The molecule has 9 rings (SSSR count). The van der Waals surface area contributed by atoms with Gasteiger partial charge in [0.25, 0.3) is 0 Å². The number of methoxy groups -OCH3 is 2. The Bertz CT molecular complexity index is 2820. The highest BCUT2D eigenvalue weighted by Gasteiger charge is 2.20. The fourth-order valence-electron chi connectivity index (χ4n) is 8.39. The van der Waals surface area contributed by atoms with Gasteiger partial charge < -0.3 is 29.1 Å². The van der Waals surface area contributed by atoms with E-state index in [1.54, 1.807) is 14.2 Å². The van der Waals surface area contributed by atoms with Crippen LogP contribution in [-0.4, -0.2) is 14.2 Å². The number of nitrogens with zero attached hydrogens (tertiary/aromatic N) is 4. The largest absolute Gasteiger partial charge is 0.497 e. The lowest BCUT2D eigenvalue weighted by molar-refractivity contribution is 0.414. The predicted octanol–water partition coefficient (Wildman–Crippen LogP) is 16.0. The van der Waals surface area contributed by atoms with Crippen LogP contribution in [0.25, 0.3) is 0 Å². The summed E-state index contributed by atoms with van der Waals surface area (Å²) in [6.07, 6.45) is 7.89. The fourth-order valence-corrected chi connectivity index (χ4v) is 8.39. The van der Waals surface area contributed by atoms with E-state index in [0.717, 1.165) is 86.2 Å². The SMILES string of the molecule is COc1ccc(N(C2=CC(C)CC=C2)c2ccc(N(c3ccccc3)c3ccc(N(c4ccccc4)c4ccc(N(c5ccc(OC)cc5)c5cccc(C)c5)cc4)cc3)cc2)cc1. The lowest BCUT2D eigenvalue weighted by Gasteiger charge is -2.31. The third kappa shape index (κ3) is 8.99. The number of hydrogen-bond donors (Lipinski definition) is 0. The Morgan fingerprint density at radius 2 is 0.703 bits per heavy atom. The van der Waals surface area contributed by atoms with Crippen LogP contribution in [0.4, 0.5) is 62.6 Å². The zero-order valence-corrected chi connectivity index (χ0v) is 36.8. The number of para-hydroxylation sites is 2. The molecule has 6 nitrogen and oxygen atoms in total. The van der Waals surface area contributed by atoms with Crippen molar-refractivity contribution in [3.63, 3.8) is 0 Å². The molecule has 0 amide bonds. The minimum Gasteiger partial charge on any atom is -0.497 e. The quantitative estimate of drug-likeness (QED) is 0.108. The number of allylic oxidation sites excluding steroid dienone is 3. The van der Waals surface area contributed by atoms with E-state index in [0.29, 0.717) is 5.92 Å². The molecular weight excluding hydrogens is 785 g/mol. The van der Waals surface area contributed by atoms with E-state index >= 15 is 0 Å². The summed E-state index contributed by atoms with van der Waals surface area (Å²) in [5.41, 5.74) is 14.1. The van der Waals surface area contributed by atoms with E-state index < -0.39 is 0 Å². The van der Waals surface area contributed by atoms with Crippen LogP contribution in [0.2, 0.25) is 0 Å². The molecule has 8 aromatic rings. The van der Waals surface area contributed by atoms with Gasteiger partial charge in [-0.3, -0.25) is 0 Å². The number of anilines is 11. The fraction of sp³-hybridized carbons (Fsp3) is 0.103. The summed E-state index contributed by atoms with van der Waals surface area (Å²) in [5, 5.41) is 0. The molecule has 0 N–H and O–H groups in total. The second kappa shape index (κ2) is 19.0. The Morgan fingerprint density at radius 3 is 1.06 bits per heavy atom. The molecule has 0 aromatic heterocycles. The maximum absolute atomic E-state index is 5.50. The highest BCUT2D eigenvalue weighted by Crippen LogP contribution is 2.43. The number of benzene rings is 8. The normalized spacial score (nSPS) is 13.1. The monoisotopic (exact) mass is 836 g/mol. The minimum absolute atomic E-state index is 0.452. The standard InChI is InChI=1S/C58H52N4O2/c1-43-13-11-19-55(41-43)61(53-33-37-57(63-3)38-34-53)51-29-25-49(26-30-51)59(45-15-7-5-8-16-45)47-21-23-48(24-22-47)60(46-17-9-6-10-18-46)50-27-31-52(32-28-50)62(56-20-12-14-44(2)42-56)54-35-39-58(64-4)40-36-54/h5-13,15-42,44H,14H2,1-4H3. The zero-order valence-electron chi connectivity index (χ0n) is 36.8. The van der Waals surface area contributed by atoms with Gasteiger partial charge in [0.05, 0.1) is 14.2 Å². The van der Waals surface area contributed by atoms with Gasteiger partial charge in [0.15, 0.2) is 0 Å². The predicted molar refractivity (Wildman–Crippen MR) is 268 cm³/mol. The van der Waals surface area contributed by atoms with Crippen LogP contribution >= 0.6 is 0 Å². The molecule has 1 atom stereocenters. The Labute approximate surface area is 377 Å². The molecule has 8 aromatic carbocycles. The maximum atomic E-state index is 5.50. The van der Waals surface area contributed by atoms with E-state index in [2.05, 4.69) is 234 Å². The molecule has 0 spiro atoms. The van der Waals surface area contributed by atoms with Gasteiger partial charge in [-0.1, -0.05) is 67.6 Å². The van der Waals surface area contributed by atoms with Gasteiger partial charge >= 0.3 is 0 Å². The topological polar surface area (TPSA) is 31.4 Å². The Kier molecular flexibility index (Phi) is 12.3. The van der Waals surface area contributed by atoms with Crippen molar-refractivity contribution in [1.82, 2.24) is 0 Å². The van der Waals surface area contributed by atoms with Crippen molar-refractivity contribution in [2.24, 2.45) is 5.92 Å². The lowest BCUT2D eigenvalue weighted by atomic mass is 10.00. The van der Waals surface area contributed by atoms with Crippen molar-refractivity contribution >= 4 is 62.6 Å². The van der Waals surface area contributed by atoms with Crippen LogP contribution in [0.5, 0.6) is 11.5 Å². The molecule has 1 unspecified atom stereocenters. The molecular formula is C58H52N4O2. The average Bonchev–Trinajstić information content (AvgIpc) is 3.34. The average molecular weight is 837 g/mol. The highest BCUT2D eigenvalue weighted by atomic mass is 16.5. The van der Waals surface area contributed by atoms with E-state index in [4.69, 9.17) is 9.47 Å². The molecule has 0 fully saturated rings. The molecule has 0 heterocycles. The van der Waals surface area contributed by atoms with Gasteiger partial charge in [-0.2, -0.15) is 0 Å². The van der Waals surface area contributed by atoms with E-state index in [9.17, 15) is 0 Å². The third-order valence-corrected chi connectivity index (χ3v) is 11.6. The van der Waals surface area contributed by atoms with Gasteiger partial charge in [0.2, 0.25) is 0 Å². The third-order valence-electron chi connectivity index (χ3n) is 11.6. The van der Waals surface area contributed by atoms with E-state index in [1.807, 2.05) is 24.3 Å². The van der Waals surface area contributed by atoms with E-state index in [-0.39, 0.29) is 0 Å². The Balaban J connectivity index is 1.06. The number of rotatable bonds is 14. The molecule has 0 saturated heterocycles. The number of aryl methyl sites for hydroxylation is 1. The summed E-state index contributed by atoms with van der Waals surface area (Å²) in [6.45, 7) is 4.39. The molecule has 0 aliphatic heterocycles. The molecule has 0 radical (unpaired) electrons. The molecule has 1 aliphatic carbocycles. The maximum Gasteiger partial charge on any atom is 0.119 e. The number of ether oxygens (including phenoxy) is 2. The minimum atomic E-state index is 0.452. The molecule has 1 aliphatic rings. The van der Waals surface area contributed by atoms with Crippen molar-refractivity contribution in [3.8, 4) is 11.5 Å². The smallest absolute Gasteiger partial charge is 0.119 e. The first-order valence-electron chi connectivity index (χ1n) is 21.8. The summed E-state index contributed by atoms with van der Waals surface area (Å²) >= 11 is 0. The first-order valence-corrected chi connectivity index (χ1v) is 21.8. The van der Waals surface area contributed by atoms with Gasteiger partial charge in [-0.25, -0.2) is 0 Å². The molecule has 0 saturated carbocycles. The Hall–Kier alpha value is -7.96. The molecule has 0 bridgehead atoms. The first kappa shape index (κ1) is 41.4. The summed E-state index contributed by atoms with van der Waals surface area (Å²) in [5.74, 6) is 2.11. The van der Waals surface area contributed by atoms with Crippen LogP contribution in [0, 0.1) is 12.8 Å². The van der Waals surface area contributed by atoms with Crippen LogP contribution in [0.1, 0.15) is 18.9 Å². The van der Waals surface area contributed by atoms with Crippen molar-refractivity contribution in [3.05, 3.63) is 236 Å². The van der Waals surface area contributed by atoms with Crippen molar-refractivity contribution < 1.29 is 9.47 Å². The van der Waals surface area contributed by atoms with Crippen LogP contribution < -0.4 is 29.1 Å². The molecule has 6 heteroatoms. The lowest BCUT2D eigenvalue weighted by Crippen LogP contribution is -2.18. The van der Waals surface area contributed by atoms with Gasteiger partial charge in [-0.15, -0.1) is 0 Å². The Morgan fingerprint density at radius 1 is 0.375 bits per heavy atom. The molecule has 64 heavy (non-hydrogen) atoms. The summed E-state index contributed by atoms with van der Waals surface area (Å²) < 4.78 is 11.0. The van der Waals surface area contributed by atoms with Crippen LogP contribution in [-0.2, 0) is 0 Å². The highest BCUT2D eigenvalue weighted by molar-refractivity contribution is 5.84. The van der Waals surface area contributed by atoms with Gasteiger partial charge in [-0.05, 0) is 189 Å². The number of hydrogen-bond acceptors (Lipinski definition) is 6. The zero-order chi connectivity index (χ0) is 43.8. The van der Waals surface area contributed by atoms with E-state index in [1.165, 1.54) is 5.56 Å². The second-order valence-electron chi connectivity index (χ2n) is 16.0. The first-order chi connectivity index (χ1) is 31.4. The second-order valence-corrected chi connectivity index (χ2v) is 16.0. The summed E-state index contributed by atoms with van der Waals surface area (Å²) in [4.78, 5) is 9.22. The van der Waals surface area contributed by atoms with Crippen LogP contribution in [0.3, 0.4) is 0 Å². The van der Waals surface area contributed by atoms with Crippen LogP contribution in [0.15, 0.2) is 230 Å². The van der Waals surface area contributed by atoms with Gasteiger partial charge in [0.1, 0.15) is 11.5 Å². The van der Waals surface area contributed by atoms with Crippen molar-refractivity contribution in [2.45, 2.75) is 20.3 Å². The molecule has 316 valence electrons.